The highest BCUT2D eigenvalue weighted by Gasteiger charge is 2.13. The highest BCUT2D eigenvalue weighted by Crippen LogP contribution is 2.30. The van der Waals surface area contributed by atoms with Crippen LogP contribution in [0.1, 0.15) is 17.2 Å². The van der Waals surface area contributed by atoms with Crippen LogP contribution >= 0.6 is 23.4 Å². The van der Waals surface area contributed by atoms with Gasteiger partial charge in [0.05, 0.1) is 18.2 Å². The molecule has 0 saturated carbocycles. The quantitative estimate of drug-likeness (QED) is 0.828. The van der Waals surface area contributed by atoms with Crippen LogP contribution in [-0.4, -0.2) is 20.4 Å². The van der Waals surface area contributed by atoms with Crippen molar-refractivity contribution in [3.05, 3.63) is 58.6 Å². The summed E-state index contributed by atoms with van der Waals surface area (Å²) in [5, 5.41) is 3.96. The van der Waals surface area contributed by atoms with Gasteiger partial charge in [0.25, 0.3) is 0 Å². The van der Waals surface area contributed by atoms with Crippen LogP contribution in [0.3, 0.4) is 0 Å². The van der Waals surface area contributed by atoms with E-state index in [1.165, 1.54) is 10.5 Å². The first-order valence-corrected chi connectivity index (χ1v) is 7.94. The Morgan fingerprint density at radius 3 is 2.25 bits per heavy atom. The molecule has 0 amide bonds. The van der Waals surface area contributed by atoms with Gasteiger partial charge in [0, 0.05) is 4.90 Å². The van der Waals surface area contributed by atoms with Crippen molar-refractivity contribution in [1.82, 2.24) is 5.32 Å². The Bertz CT molecular complexity index is 571. The SMILES string of the molecule is CNC(c1ccc(SC)cc1)c1ccc(OC)c(Cl)c1. The maximum Gasteiger partial charge on any atom is 0.137 e. The highest BCUT2D eigenvalue weighted by molar-refractivity contribution is 7.98. The summed E-state index contributed by atoms with van der Waals surface area (Å²) in [5.41, 5.74) is 2.33. The first-order chi connectivity index (χ1) is 9.69. The minimum absolute atomic E-state index is 0.120. The van der Waals surface area contributed by atoms with Crippen LogP contribution in [-0.2, 0) is 0 Å². The molecule has 0 saturated heterocycles. The lowest BCUT2D eigenvalue weighted by Gasteiger charge is -2.18. The van der Waals surface area contributed by atoms with Crippen LogP contribution in [0.2, 0.25) is 5.02 Å². The van der Waals surface area contributed by atoms with Crippen molar-refractivity contribution < 1.29 is 4.74 Å². The van der Waals surface area contributed by atoms with E-state index in [4.69, 9.17) is 16.3 Å². The zero-order chi connectivity index (χ0) is 14.5. The molecule has 0 radical (unpaired) electrons. The molecule has 2 rings (SSSR count). The maximum absolute atomic E-state index is 6.21. The molecule has 2 aromatic carbocycles. The molecule has 2 nitrogen and oxygen atoms in total. The number of benzene rings is 2. The Morgan fingerprint density at radius 2 is 1.75 bits per heavy atom. The van der Waals surface area contributed by atoms with Crippen molar-refractivity contribution in [1.29, 1.82) is 0 Å². The second-order valence-electron chi connectivity index (χ2n) is 4.39. The number of rotatable bonds is 5. The second kappa shape index (κ2) is 7.02. The van der Waals surface area contributed by atoms with Gasteiger partial charge in [-0.3, -0.25) is 0 Å². The zero-order valence-corrected chi connectivity index (χ0v) is 13.4. The van der Waals surface area contributed by atoms with E-state index in [1.54, 1.807) is 18.9 Å². The number of nitrogens with one attached hydrogen (secondary N) is 1. The zero-order valence-electron chi connectivity index (χ0n) is 11.8. The Labute approximate surface area is 129 Å². The van der Waals surface area contributed by atoms with Crippen LogP contribution in [0, 0.1) is 0 Å². The number of hydrogen-bond acceptors (Lipinski definition) is 3. The predicted molar refractivity (Wildman–Crippen MR) is 87.1 cm³/mol. The summed E-state index contributed by atoms with van der Waals surface area (Å²) < 4.78 is 5.19. The van der Waals surface area contributed by atoms with Gasteiger partial charge < -0.3 is 10.1 Å². The minimum Gasteiger partial charge on any atom is -0.495 e. The predicted octanol–water partition coefficient (Wildman–Crippen LogP) is 4.38. The molecule has 1 N–H and O–H groups in total. The first kappa shape index (κ1) is 15.2. The Kier molecular flexibility index (Phi) is 5.35. The van der Waals surface area contributed by atoms with E-state index in [0.717, 1.165) is 5.56 Å². The Balaban J connectivity index is 2.33. The van der Waals surface area contributed by atoms with Crippen LogP contribution < -0.4 is 10.1 Å². The van der Waals surface area contributed by atoms with Crippen molar-refractivity contribution in [2.24, 2.45) is 0 Å². The van der Waals surface area contributed by atoms with Crippen molar-refractivity contribution in [2.75, 3.05) is 20.4 Å². The van der Waals surface area contributed by atoms with Gasteiger partial charge in [0.2, 0.25) is 0 Å². The fourth-order valence-corrected chi connectivity index (χ4v) is 2.86. The van der Waals surface area contributed by atoms with Gasteiger partial charge in [-0.25, -0.2) is 0 Å². The van der Waals surface area contributed by atoms with Gasteiger partial charge in [-0.15, -0.1) is 11.8 Å². The smallest absolute Gasteiger partial charge is 0.137 e. The lowest BCUT2D eigenvalue weighted by Crippen LogP contribution is -2.17. The van der Waals surface area contributed by atoms with Gasteiger partial charge in [-0.05, 0) is 48.7 Å². The minimum atomic E-state index is 0.120. The summed E-state index contributed by atoms with van der Waals surface area (Å²) in [6, 6.07) is 14.6. The number of methoxy groups -OCH3 is 1. The molecule has 0 bridgehead atoms. The summed E-state index contributed by atoms with van der Waals surface area (Å²) in [5.74, 6) is 0.697. The van der Waals surface area contributed by atoms with Crippen LogP contribution in [0.4, 0.5) is 0 Å². The largest absolute Gasteiger partial charge is 0.495 e. The van der Waals surface area contributed by atoms with Gasteiger partial charge in [-0.2, -0.15) is 0 Å². The average Bonchev–Trinajstić information content (AvgIpc) is 2.49. The monoisotopic (exact) mass is 307 g/mol. The molecular formula is C16H18ClNOS. The van der Waals surface area contributed by atoms with E-state index in [2.05, 4.69) is 35.8 Å². The third kappa shape index (κ3) is 3.29. The Morgan fingerprint density at radius 1 is 1.10 bits per heavy atom. The van der Waals surface area contributed by atoms with E-state index in [9.17, 15) is 0 Å². The number of ether oxygens (including phenoxy) is 1. The molecule has 4 heteroatoms. The van der Waals surface area contributed by atoms with E-state index in [0.29, 0.717) is 10.8 Å². The highest BCUT2D eigenvalue weighted by atomic mass is 35.5. The number of thioether (sulfide) groups is 1. The molecule has 1 unspecified atom stereocenters. The first-order valence-electron chi connectivity index (χ1n) is 6.34. The number of halogens is 1. The lowest BCUT2D eigenvalue weighted by molar-refractivity contribution is 0.414. The third-order valence-corrected chi connectivity index (χ3v) is 4.29. The molecule has 106 valence electrons. The summed E-state index contributed by atoms with van der Waals surface area (Å²) in [4.78, 5) is 1.26. The van der Waals surface area contributed by atoms with Crippen LogP contribution in [0.25, 0.3) is 0 Å². The molecule has 0 fully saturated rings. The van der Waals surface area contributed by atoms with Crippen molar-refractivity contribution >= 4 is 23.4 Å². The summed E-state index contributed by atoms with van der Waals surface area (Å²) in [6.45, 7) is 0. The molecule has 0 aliphatic heterocycles. The second-order valence-corrected chi connectivity index (χ2v) is 5.68. The van der Waals surface area contributed by atoms with Crippen molar-refractivity contribution in [2.45, 2.75) is 10.9 Å². The summed E-state index contributed by atoms with van der Waals surface area (Å²) >= 11 is 7.95. The fraction of sp³-hybridized carbons (Fsp3) is 0.250. The summed E-state index contributed by atoms with van der Waals surface area (Å²) in [6.07, 6.45) is 2.08. The fourth-order valence-electron chi connectivity index (χ4n) is 2.18. The maximum atomic E-state index is 6.21. The van der Waals surface area contributed by atoms with E-state index >= 15 is 0 Å². The molecule has 2 aromatic rings. The van der Waals surface area contributed by atoms with Gasteiger partial charge in [-0.1, -0.05) is 29.8 Å². The molecular weight excluding hydrogens is 290 g/mol. The molecule has 0 spiro atoms. The Hall–Kier alpha value is -1.16. The molecule has 1 atom stereocenters. The van der Waals surface area contributed by atoms with E-state index in [1.807, 2.05) is 25.2 Å². The van der Waals surface area contributed by atoms with Gasteiger partial charge in [0.15, 0.2) is 0 Å². The van der Waals surface area contributed by atoms with Gasteiger partial charge >= 0.3 is 0 Å². The standard InChI is InChI=1S/C16H18ClNOS/c1-18-16(11-4-7-13(20-3)8-5-11)12-6-9-15(19-2)14(17)10-12/h4-10,16,18H,1-3H3. The molecule has 20 heavy (non-hydrogen) atoms. The average molecular weight is 308 g/mol. The third-order valence-electron chi connectivity index (χ3n) is 3.25. The number of hydrogen-bond donors (Lipinski definition) is 1. The van der Waals surface area contributed by atoms with Gasteiger partial charge in [0.1, 0.15) is 5.75 Å². The molecule has 0 aromatic heterocycles. The molecule has 0 heterocycles. The van der Waals surface area contributed by atoms with Crippen LogP contribution in [0.15, 0.2) is 47.4 Å². The van der Waals surface area contributed by atoms with E-state index < -0.39 is 0 Å². The molecule has 0 aliphatic carbocycles. The topological polar surface area (TPSA) is 21.3 Å². The normalized spacial score (nSPS) is 12.2. The van der Waals surface area contributed by atoms with E-state index in [-0.39, 0.29) is 6.04 Å². The van der Waals surface area contributed by atoms with Crippen molar-refractivity contribution in [3.63, 3.8) is 0 Å². The lowest BCUT2D eigenvalue weighted by atomic mass is 9.99. The van der Waals surface area contributed by atoms with Crippen molar-refractivity contribution in [3.8, 4) is 5.75 Å². The summed E-state index contributed by atoms with van der Waals surface area (Å²) in [7, 11) is 3.57. The van der Waals surface area contributed by atoms with Crippen LogP contribution in [0.5, 0.6) is 5.75 Å². The molecule has 0 aliphatic rings.